The first-order valence-electron chi connectivity index (χ1n) is 10.6. The van der Waals surface area contributed by atoms with Gasteiger partial charge in [0.25, 0.3) is 11.4 Å². The van der Waals surface area contributed by atoms with Gasteiger partial charge in [0.15, 0.2) is 0 Å². The van der Waals surface area contributed by atoms with Gasteiger partial charge in [-0.1, -0.05) is 29.4 Å². The van der Waals surface area contributed by atoms with Gasteiger partial charge in [-0.15, -0.1) is 0 Å². The summed E-state index contributed by atoms with van der Waals surface area (Å²) in [6.07, 6.45) is 1.51. The molecule has 2 aromatic heterocycles. The zero-order valence-electron chi connectivity index (χ0n) is 18.6. The van der Waals surface area contributed by atoms with Crippen molar-refractivity contribution in [1.29, 1.82) is 0 Å². The molecule has 1 amide bonds. The first-order chi connectivity index (χ1) is 16.5. The van der Waals surface area contributed by atoms with Gasteiger partial charge in [0.1, 0.15) is 12.1 Å². The van der Waals surface area contributed by atoms with Gasteiger partial charge in [0.2, 0.25) is 11.7 Å². The fourth-order valence-corrected chi connectivity index (χ4v) is 3.35. The number of pyridine rings is 1. The molecule has 0 aliphatic heterocycles. The minimum atomic E-state index is -0.435. The summed E-state index contributed by atoms with van der Waals surface area (Å²) in [5.74, 6) is -0.385. The van der Waals surface area contributed by atoms with Gasteiger partial charge < -0.3 is 19.1 Å². The van der Waals surface area contributed by atoms with E-state index in [2.05, 4.69) is 15.5 Å². The Morgan fingerprint density at radius 2 is 1.76 bits per heavy atom. The lowest BCUT2D eigenvalue weighted by Crippen LogP contribution is -2.28. The number of hydrogen-bond acceptors (Lipinski definition) is 7. The number of hydrogen-bond donors (Lipinski definition) is 1. The van der Waals surface area contributed by atoms with Crippen LogP contribution in [-0.4, -0.2) is 33.2 Å². The van der Waals surface area contributed by atoms with Gasteiger partial charge >= 0.3 is 5.97 Å². The number of amides is 1. The van der Waals surface area contributed by atoms with E-state index < -0.39 is 17.4 Å². The fraction of sp³-hybridized carbons (Fsp3) is 0.160. The topological polar surface area (TPSA) is 116 Å². The third-order valence-electron chi connectivity index (χ3n) is 5.06. The molecule has 2 aromatic carbocycles. The molecule has 2 heterocycles. The number of carbonyl (C=O) groups is 2. The second-order valence-electron chi connectivity index (χ2n) is 7.44. The van der Waals surface area contributed by atoms with Crippen molar-refractivity contribution in [2.45, 2.75) is 20.4 Å². The van der Waals surface area contributed by atoms with E-state index in [1.54, 1.807) is 43.3 Å². The minimum Gasteiger partial charge on any atom is -0.462 e. The van der Waals surface area contributed by atoms with Crippen LogP contribution in [0.25, 0.3) is 22.8 Å². The molecule has 4 aromatic rings. The van der Waals surface area contributed by atoms with Crippen LogP contribution in [0.5, 0.6) is 0 Å². The normalized spacial score (nSPS) is 10.6. The summed E-state index contributed by atoms with van der Waals surface area (Å²) in [5, 5.41) is 6.70. The fourth-order valence-electron chi connectivity index (χ4n) is 3.35. The number of esters is 1. The number of aryl methyl sites for hydroxylation is 1. The number of benzene rings is 2. The Morgan fingerprint density at radius 1 is 1.03 bits per heavy atom. The molecule has 0 unspecified atom stereocenters. The largest absolute Gasteiger partial charge is 0.462 e. The summed E-state index contributed by atoms with van der Waals surface area (Å²) in [4.78, 5) is 41.6. The number of carbonyl (C=O) groups excluding carboxylic acids is 2. The molecule has 0 saturated carbocycles. The number of ether oxygens (including phenoxy) is 1. The van der Waals surface area contributed by atoms with E-state index in [0.29, 0.717) is 17.1 Å². The molecule has 0 spiro atoms. The van der Waals surface area contributed by atoms with E-state index in [-0.39, 0.29) is 24.6 Å². The van der Waals surface area contributed by atoms with E-state index in [9.17, 15) is 14.4 Å². The van der Waals surface area contributed by atoms with Gasteiger partial charge in [-0.25, -0.2) is 4.79 Å². The number of anilines is 1. The SMILES string of the molecule is CCOC(=O)c1ccc(NC(=O)Cn2cccc(-c3nc(-c4ccccc4C)no3)c2=O)cc1. The van der Waals surface area contributed by atoms with Crippen LogP contribution in [0.15, 0.2) is 76.2 Å². The van der Waals surface area contributed by atoms with Crippen LogP contribution in [-0.2, 0) is 16.1 Å². The molecule has 172 valence electrons. The quantitative estimate of drug-likeness (QED) is 0.420. The van der Waals surface area contributed by atoms with Gasteiger partial charge in [0.05, 0.1) is 12.2 Å². The Bertz CT molecular complexity index is 1390. The zero-order valence-corrected chi connectivity index (χ0v) is 18.6. The van der Waals surface area contributed by atoms with Crippen LogP contribution in [0.2, 0.25) is 0 Å². The van der Waals surface area contributed by atoms with Gasteiger partial charge in [0, 0.05) is 17.4 Å². The number of nitrogens with one attached hydrogen (secondary N) is 1. The minimum absolute atomic E-state index is 0.0764. The molecule has 0 radical (unpaired) electrons. The van der Waals surface area contributed by atoms with Crippen LogP contribution in [0.4, 0.5) is 5.69 Å². The molecular weight excluding hydrogens is 436 g/mol. The van der Waals surface area contributed by atoms with Crippen molar-refractivity contribution in [2.24, 2.45) is 0 Å². The summed E-state index contributed by atoms with van der Waals surface area (Å²) in [6.45, 7) is 3.72. The molecular formula is C25H22N4O5. The van der Waals surface area contributed by atoms with Crippen molar-refractivity contribution in [1.82, 2.24) is 14.7 Å². The molecule has 1 N–H and O–H groups in total. The van der Waals surface area contributed by atoms with Crippen molar-refractivity contribution in [3.63, 3.8) is 0 Å². The van der Waals surface area contributed by atoms with Crippen LogP contribution in [0, 0.1) is 6.92 Å². The molecule has 34 heavy (non-hydrogen) atoms. The van der Waals surface area contributed by atoms with Crippen molar-refractivity contribution >= 4 is 17.6 Å². The van der Waals surface area contributed by atoms with Crippen molar-refractivity contribution in [3.05, 3.63) is 88.3 Å². The summed E-state index contributed by atoms with van der Waals surface area (Å²) >= 11 is 0. The van der Waals surface area contributed by atoms with Crippen LogP contribution >= 0.6 is 0 Å². The highest BCUT2D eigenvalue weighted by atomic mass is 16.5. The summed E-state index contributed by atoms with van der Waals surface area (Å²) < 4.78 is 11.5. The van der Waals surface area contributed by atoms with Crippen LogP contribution < -0.4 is 10.9 Å². The van der Waals surface area contributed by atoms with Gasteiger partial charge in [-0.2, -0.15) is 4.98 Å². The van der Waals surface area contributed by atoms with Gasteiger partial charge in [-0.05, 0) is 55.8 Å². The van der Waals surface area contributed by atoms with E-state index in [0.717, 1.165) is 11.1 Å². The average Bonchev–Trinajstić information content (AvgIpc) is 3.31. The highest BCUT2D eigenvalue weighted by molar-refractivity contribution is 5.93. The van der Waals surface area contributed by atoms with Crippen molar-refractivity contribution < 1.29 is 18.8 Å². The first-order valence-corrected chi connectivity index (χ1v) is 10.6. The zero-order chi connectivity index (χ0) is 24.1. The molecule has 4 rings (SSSR count). The monoisotopic (exact) mass is 458 g/mol. The second kappa shape index (κ2) is 9.95. The summed E-state index contributed by atoms with van der Waals surface area (Å²) in [5.41, 5.74) is 2.42. The smallest absolute Gasteiger partial charge is 0.338 e. The third-order valence-corrected chi connectivity index (χ3v) is 5.06. The van der Waals surface area contributed by atoms with E-state index in [4.69, 9.17) is 9.26 Å². The lowest BCUT2D eigenvalue weighted by molar-refractivity contribution is -0.116. The lowest BCUT2D eigenvalue weighted by Gasteiger charge is -2.09. The van der Waals surface area contributed by atoms with Crippen LogP contribution in [0.1, 0.15) is 22.8 Å². The predicted octanol–water partition coefficient (Wildman–Crippen LogP) is 3.69. The third kappa shape index (κ3) is 4.93. The molecule has 0 aliphatic carbocycles. The second-order valence-corrected chi connectivity index (χ2v) is 7.44. The lowest BCUT2D eigenvalue weighted by atomic mass is 10.1. The highest BCUT2D eigenvalue weighted by Crippen LogP contribution is 2.22. The Balaban J connectivity index is 1.48. The maximum atomic E-state index is 13.0. The van der Waals surface area contributed by atoms with Gasteiger partial charge in [-0.3, -0.25) is 9.59 Å². The standard InChI is InChI=1S/C25H22N4O5/c1-3-33-25(32)17-10-12-18(13-11-17)26-21(30)15-29-14-6-9-20(24(29)31)23-27-22(28-34-23)19-8-5-4-7-16(19)2/h4-14H,3,15H2,1-2H3,(H,26,30). The molecule has 0 saturated heterocycles. The highest BCUT2D eigenvalue weighted by Gasteiger charge is 2.17. The first kappa shape index (κ1) is 22.7. The number of rotatable bonds is 7. The Hall–Kier alpha value is -4.53. The van der Waals surface area contributed by atoms with E-state index in [1.165, 1.54) is 10.8 Å². The molecule has 0 atom stereocenters. The summed E-state index contributed by atoms with van der Waals surface area (Å²) in [7, 11) is 0. The molecule has 0 fully saturated rings. The van der Waals surface area contributed by atoms with Crippen molar-refractivity contribution in [2.75, 3.05) is 11.9 Å². The van der Waals surface area contributed by atoms with E-state index >= 15 is 0 Å². The number of nitrogens with zero attached hydrogens (tertiary/aromatic N) is 3. The number of aromatic nitrogens is 3. The molecule has 9 nitrogen and oxygen atoms in total. The van der Waals surface area contributed by atoms with Crippen LogP contribution in [0.3, 0.4) is 0 Å². The Labute approximate surface area is 195 Å². The molecule has 9 heteroatoms. The Kier molecular flexibility index (Phi) is 6.63. The van der Waals surface area contributed by atoms with E-state index in [1.807, 2.05) is 31.2 Å². The maximum absolute atomic E-state index is 13.0. The maximum Gasteiger partial charge on any atom is 0.338 e. The van der Waals surface area contributed by atoms with Crippen molar-refractivity contribution in [3.8, 4) is 22.8 Å². The predicted molar refractivity (Wildman–Crippen MR) is 125 cm³/mol. The summed E-state index contributed by atoms with van der Waals surface area (Å²) in [6, 6.07) is 17.1. The molecule has 0 bridgehead atoms. The average molecular weight is 458 g/mol. The molecule has 0 aliphatic rings. The Morgan fingerprint density at radius 3 is 2.50 bits per heavy atom.